The summed E-state index contributed by atoms with van der Waals surface area (Å²) in [7, 11) is 1.56. The van der Waals surface area contributed by atoms with Crippen LogP contribution in [0.25, 0.3) is 11.0 Å². The molecule has 0 unspecified atom stereocenters. The molecule has 1 amide bonds. The van der Waals surface area contributed by atoms with Gasteiger partial charge in [-0.05, 0) is 31.0 Å². The molecule has 0 aliphatic heterocycles. The molecule has 0 radical (unpaired) electrons. The minimum atomic E-state index is -0.408. The molecule has 0 spiro atoms. The number of methoxy groups -OCH3 is 1. The van der Waals surface area contributed by atoms with Gasteiger partial charge in [-0.2, -0.15) is 0 Å². The molecule has 1 heterocycles. The molecule has 0 bridgehead atoms. The first-order valence-electron chi connectivity index (χ1n) is 7.04. The van der Waals surface area contributed by atoms with Crippen molar-refractivity contribution in [2.75, 3.05) is 13.7 Å². The number of benzene rings is 1. The number of ether oxygens (including phenoxy) is 1. The summed E-state index contributed by atoms with van der Waals surface area (Å²) in [4.78, 5) is 23.8. The van der Waals surface area contributed by atoms with E-state index in [4.69, 9.17) is 9.15 Å². The molecule has 116 valence electrons. The molecule has 0 aliphatic rings. The minimum absolute atomic E-state index is 0.117. The first-order valence-corrected chi connectivity index (χ1v) is 7.04. The van der Waals surface area contributed by atoms with Crippen LogP contribution in [0.3, 0.4) is 0 Å². The lowest BCUT2D eigenvalue weighted by molar-refractivity contribution is -0.120. The second-order valence-electron chi connectivity index (χ2n) is 4.95. The van der Waals surface area contributed by atoms with Crippen molar-refractivity contribution in [2.24, 2.45) is 0 Å². The summed E-state index contributed by atoms with van der Waals surface area (Å²) in [6.45, 7) is 5.82. The molecule has 0 saturated heterocycles. The van der Waals surface area contributed by atoms with Gasteiger partial charge in [0, 0.05) is 30.0 Å². The number of carbonyl (C=O) groups excluding carboxylic acids is 1. The SMILES string of the molecule is C=CCNC(=O)CCc1c(C)c2ccc(OC)cc2oc1=O. The topological polar surface area (TPSA) is 68.5 Å². The molecule has 0 saturated carbocycles. The Balaban J connectivity index is 2.29. The molecule has 0 atom stereocenters. The smallest absolute Gasteiger partial charge is 0.339 e. The lowest BCUT2D eigenvalue weighted by atomic mass is 10.0. The van der Waals surface area contributed by atoms with E-state index in [1.54, 1.807) is 19.3 Å². The summed E-state index contributed by atoms with van der Waals surface area (Å²) in [5.74, 6) is 0.514. The Hall–Kier alpha value is -2.56. The summed E-state index contributed by atoms with van der Waals surface area (Å²) >= 11 is 0. The largest absolute Gasteiger partial charge is 0.497 e. The van der Waals surface area contributed by atoms with Gasteiger partial charge in [-0.25, -0.2) is 4.79 Å². The molecule has 0 fully saturated rings. The first kappa shape index (κ1) is 15.8. The Morgan fingerprint density at radius 1 is 1.45 bits per heavy atom. The Morgan fingerprint density at radius 3 is 2.91 bits per heavy atom. The summed E-state index contributed by atoms with van der Waals surface area (Å²) in [5, 5.41) is 3.54. The first-order chi connectivity index (χ1) is 10.6. The van der Waals surface area contributed by atoms with Crippen LogP contribution < -0.4 is 15.7 Å². The Bertz CT molecular complexity index is 761. The molecule has 1 aromatic heterocycles. The van der Waals surface area contributed by atoms with Crippen molar-refractivity contribution in [2.45, 2.75) is 19.8 Å². The van der Waals surface area contributed by atoms with E-state index in [1.807, 2.05) is 19.1 Å². The van der Waals surface area contributed by atoms with Gasteiger partial charge in [-0.3, -0.25) is 4.79 Å². The van der Waals surface area contributed by atoms with Gasteiger partial charge >= 0.3 is 5.63 Å². The fourth-order valence-corrected chi connectivity index (χ4v) is 2.30. The third-order valence-electron chi connectivity index (χ3n) is 3.54. The number of hydrogen-bond acceptors (Lipinski definition) is 4. The monoisotopic (exact) mass is 301 g/mol. The van der Waals surface area contributed by atoms with Crippen LogP contribution in [0.5, 0.6) is 5.75 Å². The predicted octanol–water partition coefficient (Wildman–Crippen LogP) is 2.34. The van der Waals surface area contributed by atoms with Crippen molar-refractivity contribution in [3.8, 4) is 5.75 Å². The summed E-state index contributed by atoms with van der Waals surface area (Å²) in [6, 6.07) is 5.36. The van der Waals surface area contributed by atoms with Gasteiger partial charge in [0.2, 0.25) is 5.91 Å². The van der Waals surface area contributed by atoms with Crippen LogP contribution in [-0.4, -0.2) is 19.6 Å². The maximum Gasteiger partial charge on any atom is 0.339 e. The summed E-state index contributed by atoms with van der Waals surface area (Å²) in [5.41, 5.74) is 1.45. The van der Waals surface area contributed by atoms with Gasteiger partial charge in [-0.1, -0.05) is 6.08 Å². The molecular weight excluding hydrogens is 282 g/mol. The van der Waals surface area contributed by atoms with Crippen molar-refractivity contribution in [3.63, 3.8) is 0 Å². The van der Waals surface area contributed by atoms with Gasteiger partial charge in [-0.15, -0.1) is 6.58 Å². The average molecular weight is 301 g/mol. The number of carbonyl (C=O) groups is 1. The second-order valence-corrected chi connectivity index (χ2v) is 4.95. The lowest BCUT2D eigenvalue weighted by Crippen LogP contribution is -2.24. The lowest BCUT2D eigenvalue weighted by Gasteiger charge is -2.09. The van der Waals surface area contributed by atoms with E-state index in [0.29, 0.717) is 29.9 Å². The molecular formula is C17H19NO4. The van der Waals surface area contributed by atoms with Crippen LogP contribution in [0.1, 0.15) is 17.5 Å². The van der Waals surface area contributed by atoms with E-state index >= 15 is 0 Å². The maximum absolute atomic E-state index is 12.1. The number of amides is 1. The van der Waals surface area contributed by atoms with Crippen molar-refractivity contribution < 1.29 is 13.9 Å². The molecule has 5 nitrogen and oxygen atoms in total. The van der Waals surface area contributed by atoms with E-state index in [-0.39, 0.29) is 12.3 Å². The Kier molecular flexibility index (Phi) is 4.99. The normalized spacial score (nSPS) is 10.5. The zero-order valence-electron chi connectivity index (χ0n) is 12.8. The third kappa shape index (κ3) is 3.36. The van der Waals surface area contributed by atoms with Crippen molar-refractivity contribution in [1.29, 1.82) is 0 Å². The van der Waals surface area contributed by atoms with Crippen molar-refractivity contribution >= 4 is 16.9 Å². The minimum Gasteiger partial charge on any atom is -0.497 e. The van der Waals surface area contributed by atoms with E-state index in [9.17, 15) is 9.59 Å². The van der Waals surface area contributed by atoms with Crippen LogP contribution in [0.4, 0.5) is 0 Å². The van der Waals surface area contributed by atoms with Crippen LogP contribution in [0.15, 0.2) is 40.1 Å². The van der Waals surface area contributed by atoms with Crippen LogP contribution >= 0.6 is 0 Å². The van der Waals surface area contributed by atoms with E-state index in [2.05, 4.69) is 11.9 Å². The molecule has 1 N–H and O–H groups in total. The fraction of sp³-hybridized carbons (Fsp3) is 0.294. The van der Waals surface area contributed by atoms with Crippen molar-refractivity contribution in [3.05, 3.63) is 52.4 Å². The molecule has 0 aliphatic carbocycles. The predicted molar refractivity (Wildman–Crippen MR) is 85.3 cm³/mol. The zero-order valence-corrected chi connectivity index (χ0v) is 12.8. The van der Waals surface area contributed by atoms with Crippen LogP contribution in [0.2, 0.25) is 0 Å². The standard InChI is InChI=1S/C17H19NO4/c1-4-9-18-16(19)8-7-14-11(2)13-6-5-12(21-3)10-15(13)22-17(14)20/h4-6,10H,1,7-9H2,2-3H3,(H,18,19). The highest BCUT2D eigenvalue weighted by Gasteiger charge is 2.13. The summed E-state index contributed by atoms with van der Waals surface area (Å²) in [6.07, 6.45) is 2.20. The number of hydrogen-bond donors (Lipinski definition) is 1. The Morgan fingerprint density at radius 2 is 2.23 bits per heavy atom. The second kappa shape index (κ2) is 6.93. The molecule has 2 aromatic rings. The van der Waals surface area contributed by atoms with Gasteiger partial charge in [0.05, 0.1) is 7.11 Å². The van der Waals surface area contributed by atoms with Crippen molar-refractivity contribution in [1.82, 2.24) is 5.32 Å². The highest BCUT2D eigenvalue weighted by molar-refractivity contribution is 5.82. The maximum atomic E-state index is 12.1. The van der Waals surface area contributed by atoms with Gasteiger partial charge in [0.1, 0.15) is 11.3 Å². The van der Waals surface area contributed by atoms with Gasteiger partial charge in [0.15, 0.2) is 0 Å². The number of nitrogens with one attached hydrogen (secondary N) is 1. The molecule has 2 rings (SSSR count). The molecule has 22 heavy (non-hydrogen) atoms. The van der Waals surface area contributed by atoms with E-state index in [0.717, 1.165) is 10.9 Å². The number of rotatable bonds is 6. The van der Waals surface area contributed by atoms with Gasteiger partial charge < -0.3 is 14.5 Å². The fourth-order valence-electron chi connectivity index (χ4n) is 2.30. The van der Waals surface area contributed by atoms with E-state index < -0.39 is 5.63 Å². The number of fused-ring (bicyclic) bond motifs is 1. The average Bonchev–Trinajstić information content (AvgIpc) is 2.52. The zero-order chi connectivity index (χ0) is 16.1. The quantitative estimate of drug-likeness (QED) is 0.657. The number of aryl methyl sites for hydroxylation is 1. The van der Waals surface area contributed by atoms with Crippen LogP contribution in [0, 0.1) is 6.92 Å². The highest BCUT2D eigenvalue weighted by atomic mass is 16.5. The Labute approximate surface area is 128 Å². The highest BCUT2D eigenvalue weighted by Crippen LogP contribution is 2.24. The van der Waals surface area contributed by atoms with Crippen LogP contribution in [-0.2, 0) is 11.2 Å². The third-order valence-corrected chi connectivity index (χ3v) is 3.54. The molecule has 1 aromatic carbocycles. The molecule has 5 heteroatoms. The summed E-state index contributed by atoms with van der Waals surface area (Å²) < 4.78 is 10.5. The van der Waals surface area contributed by atoms with E-state index in [1.165, 1.54) is 0 Å². The van der Waals surface area contributed by atoms with Gasteiger partial charge in [0.25, 0.3) is 0 Å².